The maximum Gasteiger partial charge on any atom is 0.235 e. The number of hydrogen-bond acceptors (Lipinski definition) is 7. The van der Waals surface area contributed by atoms with Crippen LogP contribution in [0.25, 0.3) is 0 Å². The summed E-state index contributed by atoms with van der Waals surface area (Å²) in [6, 6.07) is -0.828. The van der Waals surface area contributed by atoms with Crippen LogP contribution < -0.4 is 5.73 Å². The molecule has 5 unspecified atom stereocenters. The average Bonchev–Trinajstić information content (AvgIpc) is 2.60. The normalized spacial score (nSPS) is 32.9. The van der Waals surface area contributed by atoms with E-state index < -0.39 is 35.8 Å². The maximum atomic E-state index is 9.93. The zero-order valence-corrected chi connectivity index (χ0v) is 12.6. The van der Waals surface area contributed by atoms with Gasteiger partial charge in [-0.3, -0.25) is 5.73 Å². The molecule has 0 aromatic rings. The Morgan fingerprint density at radius 2 is 2.00 bits per heavy atom. The minimum Gasteiger partial charge on any atom is -0.416 e. The molecule has 1 fully saturated rings. The Hall–Kier alpha value is -0.0852. The van der Waals surface area contributed by atoms with Gasteiger partial charge in [0.1, 0.15) is 26.2 Å². The average molecular weight is 296 g/mol. The van der Waals surface area contributed by atoms with Crippen molar-refractivity contribution in [3.8, 4) is 0 Å². The van der Waals surface area contributed by atoms with E-state index in [1.54, 1.807) is 13.8 Å². The highest BCUT2D eigenvalue weighted by Gasteiger charge is 2.42. The van der Waals surface area contributed by atoms with Gasteiger partial charge in [-0.15, -0.1) is 0 Å². The summed E-state index contributed by atoms with van der Waals surface area (Å²) in [5.41, 5.74) is 4.92. The van der Waals surface area contributed by atoms with Crippen molar-refractivity contribution in [2.75, 3.05) is 13.2 Å². The van der Waals surface area contributed by atoms with Crippen molar-refractivity contribution < 1.29 is 29.1 Å². The summed E-state index contributed by atoms with van der Waals surface area (Å²) in [7, 11) is 11.8. The lowest BCUT2D eigenvalue weighted by molar-refractivity contribution is -0.244. The SMILES string of the molecule is [B][B]OC(C)(N)OC(C)(C)COC1C([B])OC(CO)C1O. The maximum absolute atomic E-state index is 9.93. The Morgan fingerprint density at radius 3 is 2.48 bits per heavy atom. The number of hydrogen-bond donors (Lipinski definition) is 3. The predicted octanol–water partition coefficient (Wildman–Crippen LogP) is -2.23. The van der Waals surface area contributed by atoms with Crippen LogP contribution in [-0.2, 0) is 18.9 Å². The summed E-state index contributed by atoms with van der Waals surface area (Å²) in [6.45, 7) is 4.70. The minimum absolute atomic E-state index is 0.0741. The van der Waals surface area contributed by atoms with Crippen molar-refractivity contribution in [1.82, 2.24) is 0 Å². The van der Waals surface area contributed by atoms with Crippen molar-refractivity contribution in [3.63, 3.8) is 0 Å². The summed E-state index contributed by atoms with van der Waals surface area (Å²) in [5, 5.41) is 19.0. The van der Waals surface area contributed by atoms with Crippen molar-refractivity contribution in [1.29, 1.82) is 0 Å². The second-order valence-electron chi connectivity index (χ2n) is 5.72. The van der Waals surface area contributed by atoms with Crippen LogP contribution in [0.3, 0.4) is 0 Å². The Bertz CT molecular complexity index is 333. The smallest absolute Gasteiger partial charge is 0.235 e. The molecule has 5 atom stereocenters. The fourth-order valence-electron chi connectivity index (χ4n) is 2.14. The largest absolute Gasteiger partial charge is 0.416 e. The van der Waals surface area contributed by atoms with Gasteiger partial charge in [-0.2, -0.15) is 0 Å². The van der Waals surface area contributed by atoms with Crippen LogP contribution in [0.5, 0.6) is 0 Å². The molecule has 1 aliphatic heterocycles. The molecule has 0 aliphatic carbocycles. The molecule has 0 bridgehead atoms. The van der Waals surface area contributed by atoms with E-state index in [2.05, 4.69) is 0 Å². The van der Waals surface area contributed by atoms with Gasteiger partial charge in [0, 0.05) is 12.9 Å². The Kier molecular flexibility index (Phi) is 6.73. The van der Waals surface area contributed by atoms with Gasteiger partial charge in [-0.1, -0.05) is 0 Å². The van der Waals surface area contributed by atoms with Gasteiger partial charge in [-0.25, -0.2) is 0 Å². The van der Waals surface area contributed by atoms with E-state index in [9.17, 15) is 5.11 Å². The van der Waals surface area contributed by atoms with Crippen LogP contribution in [0.1, 0.15) is 20.8 Å². The molecule has 1 aliphatic rings. The van der Waals surface area contributed by atoms with Crippen LogP contribution in [0, 0.1) is 0 Å². The number of aliphatic hydroxyl groups is 2. The quantitative estimate of drug-likeness (QED) is 0.344. The van der Waals surface area contributed by atoms with Gasteiger partial charge in [0.2, 0.25) is 13.3 Å². The third-order valence-corrected chi connectivity index (χ3v) is 2.96. The molecule has 0 spiro atoms. The van der Waals surface area contributed by atoms with Crippen molar-refractivity contribution in [2.45, 2.75) is 56.6 Å². The van der Waals surface area contributed by atoms with E-state index in [-0.39, 0.29) is 13.2 Å². The third-order valence-electron chi connectivity index (χ3n) is 2.96. The van der Waals surface area contributed by atoms with Gasteiger partial charge in [0.25, 0.3) is 0 Å². The van der Waals surface area contributed by atoms with E-state index in [1.165, 1.54) is 6.92 Å². The molecule has 0 saturated carbocycles. The highest BCUT2D eigenvalue weighted by molar-refractivity contribution is 6.85. The number of rotatable bonds is 8. The van der Waals surface area contributed by atoms with E-state index in [0.717, 1.165) is 7.37 Å². The van der Waals surface area contributed by atoms with Crippen LogP contribution in [-0.4, -0.2) is 82.2 Å². The monoisotopic (exact) mass is 296 g/mol. The molecule has 4 N–H and O–H groups in total. The van der Waals surface area contributed by atoms with E-state index in [4.69, 9.17) is 45.3 Å². The summed E-state index contributed by atoms with van der Waals surface area (Å²) >= 11 is 0. The lowest BCUT2D eigenvalue weighted by Crippen LogP contribution is -2.51. The van der Waals surface area contributed by atoms with E-state index in [1.807, 2.05) is 0 Å². The molecule has 0 amide bonds. The van der Waals surface area contributed by atoms with Crippen LogP contribution in [0.2, 0.25) is 0 Å². The van der Waals surface area contributed by atoms with Gasteiger partial charge in [-0.05, 0) is 13.8 Å². The molecule has 0 aromatic heterocycles. The standard InChI is InChI=1S/C11H21B3NO6/c1-10(2,20-11(3,15)21-14-13)5-18-8-7(17)6(4-16)19-9(8)12/h6-9,16-17H,4-5,15H2,1-3H3. The second kappa shape index (κ2) is 7.45. The van der Waals surface area contributed by atoms with Crippen molar-refractivity contribution >= 4 is 23.0 Å². The predicted molar refractivity (Wildman–Crippen MR) is 77.6 cm³/mol. The fraction of sp³-hybridized carbons (Fsp3) is 1.00. The molecule has 21 heavy (non-hydrogen) atoms. The minimum atomic E-state index is -1.41. The highest BCUT2D eigenvalue weighted by Crippen LogP contribution is 2.25. The molecule has 1 heterocycles. The number of aliphatic hydroxyl groups excluding tert-OH is 2. The van der Waals surface area contributed by atoms with Gasteiger partial charge in [0.15, 0.2) is 0 Å². The van der Waals surface area contributed by atoms with Gasteiger partial charge < -0.3 is 29.1 Å². The second-order valence-corrected chi connectivity index (χ2v) is 5.72. The first-order valence-corrected chi connectivity index (χ1v) is 6.64. The molecule has 7 nitrogen and oxygen atoms in total. The Morgan fingerprint density at radius 1 is 1.38 bits per heavy atom. The first kappa shape index (κ1) is 19.0. The number of ether oxygens (including phenoxy) is 3. The molecule has 10 heteroatoms. The first-order valence-electron chi connectivity index (χ1n) is 6.64. The van der Waals surface area contributed by atoms with E-state index >= 15 is 0 Å². The lowest BCUT2D eigenvalue weighted by atomic mass is 9.72. The van der Waals surface area contributed by atoms with Crippen molar-refractivity contribution in [3.05, 3.63) is 0 Å². The van der Waals surface area contributed by atoms with Gasteiger partial charge in [0.05, 0.1) is 26.6 Å². The molecule has 0 aromatic carbocycles. The Labute approximate surface area is 128 Å². The molecular weight excluding hydrogens is 275 g/mol. The van der Waals surface area contributed by atoms with Crippen LogP contribution in [0.15, 0.2) is 0 Å². The van der Waals surface area contributed by atoms with E-state index in [0.29, 0.717) is 0 Å². The highest BCUT2D eigenvalue weighted by atomic mass is 16.7. The molecular formula is C11H21B3NO6. The topological polar surface area (TPSA) is 103 Å². The third kappa shape index (κ3) is 5.56. The molecule has 1 saturated heterocycles. The number of nitrogens with two attached hydrogens (primary N) is 1. The summed E-state index contributed by atoms with van der Waals surface area (Å²) < 4.78 is 21.2. The zero-order chi connectivity index (χ0) is 16.3. The molecule has 1 rings (SSSR count). The molecule has 115 valence electrons. The molecule has 5 radical (unpaired) electrons. The summed E-state index contributed by atoms with van der Waals surface area (Å²) in [6.07, 6.45) is -2.54. The summed E-state index contributed by atoms with van der Waals surface area (Å²) in [5.74, 6) is -1.41. The van der Waals surface area contributed by atoms with Crippen LogP contribution in [0.4, 0.5) is 0 Å². The van der Waals surface area contributed by atoms with Crippen molar-refractivity contribution in [2.24, 2.45) is 5.73 Å². The fourth-order valence-corrected chi connectivity index (χ4v) is 2.14. The Balaban J connectivity index is 2.53. The van der Waals surface area contributed by atoms with Crippen LogP contribution >= 0.6 is 0 Å². The first-order chi connectivity index (χ1) is 9.62. The zero-order valence-electron chi connectivity index (χ0n) is 12.6. The summed E-state index contributed by atoms with van der Waals surface area (Å²) in [4.78, 5) is 0. The lowest BCUT2D eigenvalue weighted by Gasteiger charge is -2.36. The van der Waals surface area contributed by atoms with Gasteiger partial charge >= 0.3 is 0 Å².